The minimum absolute atomic E-state index is 0.0159. The Balaban J connectivity index is 1.77. The fraction of sp³-hybridized carbons (Fsp3) is 0.240. The van der Waals surface area contributed by atoms with Gasteiger partial charge in [0.15, 0.2) is 11.5 Å². The van der Waals surface area contributed by atoms with E-state index in [4.69, 9.17) is 21.1 Å². The SMILES string of the molecule is COc1ccc(C2/C(=C(\O)c3ccc(Cl)cc3)C(=O)C(=O)N2CCCn2ccnc2)cc1OC. The second-order valence-electron chi connectivity index (χ2n) is 7.77. The Morgan fingerprint density at radius 3 is 2.44 bits per heavy atom. The molecule has 1 unspecified atom stereocenters. The molecular formula is C25H24ClN3O5. The minimum Gasteiger partial charge on any atom is -0.507 e. The molecule has 0 saturated carbocycles. The third-order valence-electron chi connectivity index (χ3n) is 5.76. The molecule has 1 atom stereocenters. The summed E-state index contributed by atoms with van der Waals surface area (Å²) in [5.74, 6) is -0.695. The van der Waals surface area contributed by atoms with Gasteiger partial charge in [-0.2, -0.15) is 0 Å². The Kier molecular flexibility index (Phi) is 6.88. The number of imidazole rings is 1. The van der Waals surface area contributed by atoms with Crippen molar-refractivity contribution in [1.82, 2.24) is 14.5 Å². The lowest BCUT2D eigenvalue weighted by molar-refractivity contribution is -0.139. The highest BCUT2D eigenvalue weighted by Crippen LogP contribution is 2.42. The van der Waals surface area contributed by atoms with Crippen LogP contribution in [0.15, 0.2) is 66.8 Å². The van der Waals surface area contributed by atoms with Gasteiger partial charge in [-0.3, -0.25) is 9.59 Å². The van der Waals surface area contributed by atoms with E-state index in [0.717, 1.165) is 0 Å². The molecule has 1 saturated heterocycles. The number of ether oxygens (including phenoxy) is 2. The molecule has 1 fully saturated rings. The lowest BCUT2D eigenvalue weighted by Crippen LogP contribution is -2.31. The zero-order valence-corrected chi connectivity index (χ0v) is 19.5. The molecule has 2 aromatic carbocycles. The molecule has 0 spiro atoms. The topological polar surface area (TPSA) is 93.9 Å². The van der Waals surface area contributed by atoms with Gasteiger partial charge in [-0.15, -0.1) is 0 Å². The molecule has 2 heterocycles. The Morgan fingerprint density at radius 1 is 1.06 bits per heavy atom. The van der Waals surface area contributed by atoms with Crippen LogP contribution in [0.2, 0.25) is 5.02 Å². The van der Waals surface area contributed by atoms with Gasteiger partial charge >= 0.3 is 0 Å². The highest BCUT2D eigenvalue weighted by molar-refractivity contribution is 6.46. The summed E-state index contributed by atoms with van der Waals surface area (Å²) in [5.41, 5.74) is 1.03. The zero-order chi connectivity index (χ0) is 24.2. The first-order chi connectivity index (χ1) is 16.4. The van der Waals surface area contributed by atoms with Crippen molar-refractivity contribution >= 4 is 29.1 Å². The van der Waals surface area contributed by atoms with Gasteiger partial charge in [0.25, 0.3) is 11.7 Å². The van der Waals surface area contributed by atoms with Crippen LogP contribution >= 0.6 is 11.6 Å². The standard InChI is InChI=1S/C25H24ClN3O5/c1-33-19-9-6-17(14-20(19)34-2)22-21(23(30)16-4-7-18(26)8-5-16)24(31)25(32)29(22)12-3-11-28-13-10-27-15-28/h4-10,13-15,22,30H,3,11-12H2,1-2H3/b23-21+. The van der Waals surface area contributed by atoms with Crippen molar-refractivity contribution in [3.8, 4) is 11.5 Å². The van der Waals surface area contributed by atoms with Crippen LogP contribution in [0.4, 0.5) is 0 Å². The molecule has 1 amide bonds. The molecule has 1 aromatic heterocycles. The van der Waals surface area contributed by atoms with E-state index in [1.165, 1.54) is 19.1 Å². The summed E-state index contributed by atoms with van der Waals surface area (Å²) in [4.78, 5) is 31.8. The number of methoxy groups -OCH3 is 2. The number of aliphatic hydroxyl groups excluding tert-OH is 1. The minimum atomic E-state index is -0.793. The zero-order valence-electron chi connectivity index (χ0n) is 18.8. The van der Waals surface area contributed by atoms with Crippen LogP contribution in [0.3, 0.4) is 0 Å². The quantitative estimate of drug-likeness (QED) is 0.296. The van der Waals surface area contributed by atoms with E-state index in [9.17, 15) is 14.7 Å². The molecule has 176 valence electrons. The van der Waals surface area contributed by atoms with Crippen molar-refractivity contribution in [2.75, 3.05) is 20.8 Å². The summed E-state index contributed by atoms with van der Waals surface area (Å²) in [6, 6.07) is 10.8. The average Bonchev–Trinajstić information content (AvgIpc) is 3.46. The number of amides is 1. The van der Waals surface area contributed by atoms with Crippen molar-refractivity contribution in [2.24, 2.45) is 0 Å². The molecule has 1 N–H and O–H groups in total. The van der Waals surface area contributed by atoms with Gasteiger partial charge in [-0.05, 0) is 48.4 Å². The normalized spacial score (nSPS) is 17.3. The lowest BCUT2D eigenvalue weighted by Gasteiger charge is -2.26. The summed E-state index contributed by atoms with van der Waals surface area (Å²) >= 11 is 5.98. The smallest absolute Gasteiger partial charge is 0.295 e. The van der Waals surface area contributed by atoms with E-state index in [-0.39, 0.29) is 11.3 Å². The van der Waals surface area contributed by atoms with E-state index < -0.39 is 17.7 Å². The molecule has 9 heteroatoms. The van der Waals surface area contributed by atoms with Crippen molar-refractivity contribution < 1.29 is 24.2 Å². The van der Waals surface area contributed by atoms with Gasteiger partial charge in [-0.1, -0.05) is 17.7 Å². The van der Waals surface area contributed by atoms with Crippen LogP contribution in [-0.4, -0.2) is 52.0 Å². The lowest BCUT2D eigenvalue weighted by atomic mass is 9.95. The summed E-state index contributed by atoms with van der Waals surface area (Å²) in [7, 11) is 3.04. The number of carbonyl (C=O) groups excluding carboxylic acids is 2. The van der Waals surface area contributed by atoms with Gasteiger partial charge in [0, 0.05) is 36.1 Å². The van der Waals surface area contributed by atoms with Crippen molar-refractivity contribution in [2.45, 2.75) is 19.0 Å². The summed E-state index contributed by atoms with van der Waals surface area (Å²) in [6.07, 6.45) is 5.80. The number of ketones is 1. The third-order valence-corrected chi connectivity index (χ3v) is 6.01. The highest BCUT2D eigenvalue weighted by Gasteiger charge is 2.46. The summed E-state index contributed by atoms with van der Waals surface area (Å²) in [6.45, 7) is 0.929. The molecule has 1 aliphatic heterocycles. The molecule has 34 heavy (non-hydrogen) atoms. The van der Waals surface area contributed by atoms with Crippen LogP contribution in [0.5, 0.6) is 11.5 Å². The molecule has 3 aromatic rings. The van der Waals surface area contributed by atoms with Crippen molar-refractivity contribution in [3.05, 3.63) is 82.9 Å². The maximum Gasteiger partial charge on any atom is 0.295 e. The number of hydrogen-bond donors (Lipinski definition) is 1. The fourth-order valence-electron chi connectivity index (χ4n) is 4.09. The number of nitrogens with zero attached hydrogens (tertiary/aromatic N) is 3. The number of hydrogen-bond acceptors (Lipinski definition) is 6. The number of aryl methyl sites for hydroxylation is 1. The number of halogens is 1. The third kappa shape index (κ3) is 4.49. The Labute approximate surface area is 202 Å². The highest BCUT2D eigenvalue weighted by atomic mass is 35.5. The number of aliphatic hydroxyl groups is 1. The predicted molar refractivity (Wildman–Crippen MR) is 127 cm³/mol. The van der Waals surface area contributed by atoms with Gasteiger partial charge in [-0.25, -0.2) is 4.98 Å². The maximum absolute atomic E-state index is 13.1. The van der Waals surface area contributed by atoms with Crippen molar-refractivity contribution in [1.29, 1.82) is 0 Å². The number of Topliss-reactive ketones (excluding diaryl/α,β-unsaturated/α-hetero) is 1. The predicted octanol–water partition coefficient (Wildman–Crippen LogP) is 4.07. The Hall–Kier alpha value is -3.78. The van der Waals surface area contributed by atoms with E-state index in [1.807, 2.05) is 10.8 Å². The van der Waals surface area contributed by atoms with E-state index in [0.29, 0.717) is 47.2 Å². The molecule has 4 rings (SSSR count). The number of rotatable bonds is 8. The molecular weight excluding hydrogens is 458 g/mol. The molecule has 1 aliphatic rings. The number of carbonyl (C=O) groups is 2. The van der Waals surface area contributed by atoms with Gasteiger partial charge in [0.05, 0.1) is 32.2 Å². The van der Waals surface area contributed by atoms with E-state index in [1.54, 1.807) is 55.0 Å². The van der Waals surface area contributed by atoms with Crippen molar-refractivity contribution in [3.63, 3.8) is 0 Å². The van der Waals surface area contributed by atoms with E-state index in [2.05, 4.69) is 4.98 Å². The summed E-state index contributed by atoms with van der Waals surface area (Å²) in [5, 5.41) is 11.6. The molecule has 0 aliphatic carbocycles. The van der Waals surface area contributed by atoms with Crippen LogP contribution in [0, 0.1) is 0 Å². The number of benzene rings is 2. The van der Waals surface area contributed by atoms with Crippen LogP contribution in [0.25, 0.3) is 5.76 Å². The Morgan fingerprint density at radius 2 is 1.79 bits per heavy atom. The molecule has 8 nitrogen and oxygen atoms in total. The van der Waals surface area contributed by atoms with Crippen LogP contribution in [-0.2, 0) is 16.1 Å². The Bertz CT molecular complexity index is 1220. The van der Waals surface area contributed by atoms with Gasteiger partial charge in [0.2, 0.25) is 0 Å². The average molecular weight is 482 g/mol. The maximum atomic E-state index is 13.1. The first kappa shape index (κ1) is 23.4. The van der Waals surface area contributed by atoms with E-state index >= 15 is 0 Å². The van der Waals surface area contributed by atoms with Gasteiger partial charge < -0.3 is 24.0 Å². The molecule has 0 bridgehead atoms. The first-order valence-corrected chi connectivity index (χ1v) is 11.0. The second kappa shape index (κ2) is 10.0. The van der Waals surface area contributed by atoms with Gasteiger partial charge in [0.1, 0.15) is 5.76 Å². The number of aromatic nitrogens is 2. The summed E-state index contributed by atoms with van der Waals surface area (Å²) < 4.78 is 12.7. The van der Waals surface area contributed by atoms with Crippen LogP contribution < -0.4 is 9.47 Å². The molecule has 0 radical (unpaired) electrons. The number of likely N-dealkylation sites (tertiary alicyclic amines) is 1. The van der Waals surface area contributed by atoms with Crippen LogP contribution in [0.1, 0.15) is 23.6 Å². The monoisotopic (exact) mass is 481 g/mol. The largest absolute Gasteiger partial charge is 0.507 e. The fourth-order valence-corrected chi connectivity index (χ4v) is 4.21. The second-order valence-corrected chi connectivity index (χ2v) is 8.20. The first-order valence-electron chi connectivity index (χ1n) is 10.7.